The second kappa shape index (κ2) is 13.4. The number of likely N-dealkylation sites (tertiary alicyclic amines) is 1. The molecule has 0 aromatic rings. The topological polar surface area (TPSA) is 116 Å². The van der Waals surface area contributed by atoms with E-state index in [1.54, 1.807) is 14.1 Å². The number of unbranched alkanes of at least 4 members (excludes halogenated alkanes) is 2. The largest absolute Gasteiger partial charge is 0.353 e. The highest BCUT2D eigenvalue weighted by molar-refractivity contribution is 8.00. The molecule has 0 aromatic heterocycles. The number of imide groups is 1. The first-order chi connectivity index (χ1) is 14.2. The van der Waals surface area contributed by atoms with E-state index < -0.39 is 6.04 Å². The van der Waals surface area contributed by atoms with Gasteiger partial charge in [0, 0.05) is 46.4 Å². The summed E-state index contributed by atoms with van der Waals surface area (Å²) in [5.41, 5.74) is 0. The molecule has 0 spiro atoms. The number of hydrogen-bond acceptors (Lipinski definition) is 7. The lowest BCUT2D eigenvalue weighted by atomic mass is 10.1. The molecule has 0 bridgehead atoms. The van der Waals surface area contributed by atoms with Gasteiger partial charge in [0.25, 0.3) is 0 Å². The molecule has 1 aliphatic rings. The van der Waals surface area contributed by atoms with E-state index in [-0.39, 0.29) is 47.5 Å². The Morgan fingerprint density at radius 2 is 1.90 bits per heavy atom. The van der Waals surface area contributed by atoms with Gasteiger partial charge in [-0.2, -0.15) is 0 Å². The van der Waals surface area contributed by atoms with Crippen LogP contribution in [0.1, 0.15) is 45.4 Å². The van der Waals surface area contributed by atoms with Crippen molar-refractivity contribution in [2.24, 2.45) is 0 Å². The first kappa shape index (κ1) is 26.1. The van der Waals surface area contributed by atoms with Gasteiger partial charge in [0.2, 0.25) is 23.6 Å². The van der Waals surface area contributed by atoms with Gasteiger partial charge >= 0.3 is 0 Å². The van der Waals surface area contributed by atoms with Gasteiger partial charge in [-0.05, 0) is 32.6 Å². The van der Waals surface area contributed by atoms with Crippen LogP contribution in [0.15, 0.2) is 0 Å². The first-order valence-electron chi connectivity index (χ1n) is 10.3. The Balaban J connectivity index is 2.35. The van der Waals surface area contributed by atoms with E-state index in [4.69, 9.17) is 0 Å². The van der Waals surface area contributed by atoms with E-state index in [2.05, 4.69) is 10.6 Å². The molecule has 9 nitrogen and oxygen atoms in total. The third-order valence-electron chi connectivity index (χ3n) is 5.01. The molecule has 1 aliphatic heterocycles. The molecule has 1 rings (SSSR count). The first-order valence-corrected chi connectivity index (χ1v) is 11.3. The average molecular weight is 443 g/mol. The molecule has 2 unspecified atom stereocenters. The van der Waals surface area contributed by atoms with Crippen LogP contribution in [0.25, 0.3) is 0 Å². The van der Waals surface area contributed by atoms with Crippen molar-refractivity contribution in [3.63, 3.8) is 0 Å². The van der Waals surface area contributed by atoms with Crippen LogP contribution in [0.5, 0.6) is 0 Å². The maximum Gasteiger partial charge on any atom is 0.243 e. The maximum absolute atomic E-state index is 12.5. The summed E-state index contributed by atoms with van der Waals surface area (Å²) in [6.45, 7) is 2.43. The lowest BCUT2D eigenvalue weighted by molar-refractivity contribution is -0.140. The third-order valence-corrected chi connectivity index (χ3v) is 6.31. The monoisotopic (exact) mass is 442 g/mol. The summed E-state index contributed by atoms with van der Waals surface area (Å²) >= 11 is 1.49. The van der Waals surface area contributed by atoms with Crippen LogP contribution in [0, 0.1) is 0 Å². The minimum absolute atomic E-state index is 0.00709. The minimum atomic E-state index is -0.801. The molecule has 1 heterocycles. The number of nitrogens with one attached hydrogen (secondary N) is 2. The average Bonchev–Trinajstić information content (AvgIpc) is 2.94. The number of Topliss-reactive ketones (excluding diaryl/α,β-unsaturated/α-hetero) is 1. The van der Waals surface area contributed by atoms with E-state index in [0.717, 1.165) is 18.6 Å². The van der Waals surface area contributed by atoms with Crippen LogP contribution in [0.3, 0.4) is 0 Å². The molecule has 170 valence electrons. The van der Waals surface area contributed by atoms with Crippen molar-refractivity contribution in [3.8, 4) is 0 Å². The molecule has 1 saturated heterocycles. The van der Waals surface area contributed by atoms with Crippen molar-refractivity contribution < 1.29 is 24.0 Å². The number of hydrogen-bond donors (Lipinski definition) is 2. The van der Waals surface area contributed by atoms with Gasteiger partial charge in [0.05, 0.1) is 5.25 Å². The second-order valence-corrected chi connectivity index (χ2v) is 8.80. The lowest BCUT2D eigenvalue weighted by Gasteiger charge is -2.27. The van der Waals surface area contributed by atoms with Crippen molar-refractivity contribution >= 4 is 41.2 Å². The number of nitrogens with zero attached hydrogens (tertiary/aromatic N) is 2. The van der Waals surface area contributed by atoms with Crippen LogP contribution >= 0.6 is 11.8 Å². The standard InChI is InChI=1S/C20H34N4O5S/c1-14(25)12-15(19(28)22-10-9-21-2)23(3)17(26)8-6-5-7-11-30-16-13-18(27)24(4)20(16)29/h15-16,21H,5-13H2,1-4H3,(H,22,28). The molecule has 2 N–H and O–H groups in total. The van der Waals surface area contributed by atoms with E-state index in [9.17, 15) is 24.0 Å². The van der Waals surface area contributed by atoms with Gasteiger partial charge in [-0.3, -0.25) is 28.9 Å². The summed E-state index contributed by atoms with van der Waals surface area (Å²) in [5, 5.41) is 5.37. The minimum Gasteiger partial charge on any atom is -0.353 e. The molecule has 0 aliphatic carbocycles. The smallest absolute Gasteiger partial charge is 0.243 e. The normalized spacial score (nSPS) is 17.2. The number of rotatable bonds is 14. The molecule has 2 atom stereocenters. The number of ketones is 1. The Bertz CT molecular complexity index is 643. The molecule has 0 saturated carbocycles. The second-order valence-electron chi connectivity index (χ2n) is 7.49. The highest BCUT2D eigenvalue weighted by Gasteiger charge is 2.35. The molecule has 10 heteroatoms. The molecule has 0 radical (unpaired) electrons. The summed E-state index contributed by atoms with van der Waals surface area (Å²) < 4.78 is 0. The number of thioether (sulfide) groups is 1. The van der Waals surface area contributed by atoms with Crippen molar-refractivity contribution in [1.82, 2.24) is 20.4 Å². The van der Waals surface area contributed by atoms with Crippen molar-refractivity contribution in [1.29, 1.82) is 0 Å². The van der Waals surface area contributed by atoms with Gasteiger partial charge in [0.1, 0.15) is 11.8 Å². The molecular formula is C20H34N4O5S. The summed E-state index contributed by atoms with van der Waals surface area (Å²) in [6, 6.07) is -0.801. The predicted octanol–water partition coefficient (Wildman–Crippen LogP) is 0.179. The van der Waals surface area contributed by atoms with E-state index in [1.165, 1.54) is 35.5 Å². The Kier molecular flexibility index (Phi) is 11.6. The fourth-order valence-corrected chi connectivity index (χ4v) is 4.31. The Labute approximate surface area is 182 Å². The van der Waals surface area contributed by atoms with Crippen molar-refractivity contribution in [2.75, 3.05) is 40.0 Å². The SMILES string of the molecule is CNCCNC(=O)C(CC(C)=O)N(C)C(=O)CCCCCSC1CC(=O)N(C)C1=O. The van der Waals surface area contributed by atoms with Crippen LogP contribution in [0.2, 0.25) is 0 Å². The fourth-order valence-electron chi connectivity index (χ4n) is 3.09. The van der Waals surface area contributed by atoms with E-state index >= 15 is 0 Å². The Morgan fingerprint density at radius 3 is 2.47 bits per heavy atom. The van der Waals surface area contributed by atoms with Crippen LogP contribution in [-0.4, -0.2) is 90.5 Å². The molecule has 4 amide bonds. The molecule has 30 heavy (non-hydrogen) atoms. The van der Waals surface area contributed by atoms with Crippen molar-refractivity contribution in [2.45, 2.75) is 56.7 Å². The maximum atomic E-state index is 12.5. The zero-order valence-electron chi connectivity index (χ0n) is 18.4. The molecule has 1 fully saturated rings. The van der Waals surface area contributed by atoms with Gasteiger partial charge in [-0.1, -0.05) is 6.42 Å². The van der Waals surface area contributed by atoms with Gasteiger partial charge in [-0.25, -0.2) is 0 Å². The molecular weight excluding hydrogens is 408 g/mol. The van der Waals surface area contributed by atoms with Crippen LogP contribution in [-0.2, 0) is 24.0 Å². The van der Waals surface area contributed by atoms with Crippen LogP contribution < -0.4 is 10.6 Å². The zero-order chi connectivity index (χ0) is 22.7. The van der Waals surface area contributed by atoms with Crippen molar-refractivity contribution in [3.05, 3.63) is 0 Å². The quantitative estimate of drug-likeness (QED) is 0.291. The lowest BCUT2D eigenvalue weighted by Crippen LogP contribution is -2.49. The third kappa shape index (κ3) is 8.43. The Hall–Kier alpha value is -1.94. The van der Waals surface area contributed by atoms with Gasteiger partial charge < -0.3 is 15.5 Å². The highest BCUT2D eigenvalue weighted by Crippen LogP contribution is 2.25. The van der Waals surface area contributed by atoms with Gasteiger partial charge in [0.15, 0.2) is 0 Å². The Morgan fingerprint density at radius 1 is 1.20 bits per heavy atom. The number of amides is 4. The molecule has 0 aromatic carbocycles. The summed E-state index contributed by atoms with van der Waals surface area (Å²) in [7, 11) is 4.84. The van der Waals surface area contributed by atoms with Gasteiger partial charge in [-0.15, -0.1) is 11.8 Å². The van der Waals surface area contributed by atoms with E-state index in [0.29, 0.717) is 25.9 Å². The number of likely N-dealkylation sites (N-methyl/N-ethyl adjacent to an activating group) is 2. The van der Waals surface area contributed by atoms with E-state index in [1.807, 2.05) is 0 Å². The summed E-state index contributed by atoms with van der Waals surface area (Å²) in [6.07, 6.45) is 2.86. The zero-order valence-corrected chi connectivity index (χ0v) is 19.2. The number of carbonyl (C=O) groups excluding carboxylic acids is 5. The van der Waals surface area contributed by atoms with Crippen LogP contribution in [0.4, 0.5) is 0 Å². The highest BCUT2D eigenvalue weighted by atomic mass is 32.2. The summed E-state index contributed by atoms with van der Waals surface area (Å²) in [5.74, 6) is -0.162. The number of carbonyl (C=O) groups is 5. The predicted molar refractivity (Wildman–Crippen MR) is 116 cm³/mol. The fraction of sp³-hybridized carbons (Fsp3) is 0.750. The summed E-state index contributed by atoms with van der Waals surface area (Å²) in [4.78, 5) is 62.3.